The molecule has 0 radical (unpaired) electrons. The first-order valence-electron chi connectivity index (χ1n) is 10.8. The zero-order valence-corrected chi connectivity index (χ0v) is 20.2. The second-order valence-electron chi connectivity index (χ2n) is 8.67. The average molecular weight is 481 g/mol. The van der Waals surface area contributed by atoms with Gasteiger partial charge in [-0.15, -0.1) is 12.4 Å². The van der Waals surface area contributed by atoms with Crippen LogP contribution in [0, 0.1) is 12.8 Å². The smallest absolute Gasteiger partial charge is 0.413 e. The molecule has 9 heteroatoms. The number of aromatic nitrogens is 2. The Kier molecular flexibility index (Phi) is 7.75. The molecule has 1 aliphatic rings. The van der Waals surface area contributed by atoms with Gasteiger partial charge in [-0.25, -0.2) is 4.79 Å². The van der Waals surface area contributed by atoms with Crippen LogP contribution in [0.1, 0.15) is 49.6 Å². The Balaban J connectivity index is 0.00000289. The summed E-state index contributed by atoms with van der Waals surface area (Å²) in [6.07, 6.45) is 0.974. The van der Waals surface area contributed by atoms with Crippen LogP contribution in [0.2, 0.25) is 5.02 Å². The van der Waals surface area contributed by atoms with Crippen LogP contribution >= 0.6 is 24.0 Å². The third kappa shape index (κ3) is 5.22. The van der Waals surface area contributed by atoms with Crippen molar-refractivity contribution in [1.29, 1.82) is 0 Å². The van der Waals surface area contributed by atoms with E-state index in [2.05, 4.69) is 24.3 Å². The quantitative estimate of drug-likeness (QED) is 0.474. The van der Waals surface area contributed by atoms with Gasteiger partial charge in [0.25, 0.3) is 0 Å². The number of nitrogens with zero attached hydrogens (tertiary/aromatic N) is 3. The van der Waals surface area contributed by atoms with Crippen molar-refractivity contribution in [3.05, 3.63) is 46.3 Å². The third-order valence-corrected chi connectivity index (χ3v) is 6.16. The SMILES string of the molecule is Cc1cc(N(CC2CCNCC2)C(=O)O)nn1Cc1cc(Cl)cc2cc(C(C)C)oc12.Cl. The molecule has 0 saturated carbocycles. The van der Waals surface area contributed by atoms with E-state index in [0.717, 1.165) is 53.9 Å². The Hall–Kier alpha value is -2.22. The Morgan fingerprint density at radius 3 is 2.69 bits per heavy atom. The number of benzene rings is 1. The van der Waals surface area contributed by atoms with E-state index in [4.69, 9.17) is 16.0 Å². The largest absolute Gasteiger partial charge is 0.465 e. The lowest BCUT2D eigenvalue weighted by atomic mass is 9.98. The van der Waals surface area contributed by atoms with Gasteiger partial charge in [-0.05, 0) is 57.0 Å². The number of hydrogen-bond acceptors (Lipinski definition) is 4. The first kappa shape index (κ1) is 24.4. The maximum atomic E-state index is 12.0. The molecule has 3 heterocycles. The summed E-state index contributed by atoms with van der Waals surface area (Å²) < 4.78 is 7.93. The number of nitrogens with one attached hydrogen (secondary N) is 1. The number of anilines is 1. The van der Waals surface area contributed by atoms with E-state index in [1.807, 2.05) is 35.9 Å². The molecule has 174 valence electrons. The lowest BCUT2D eigenvalue weighted by Gasteiger charge is -2.27. The van der Waals surface area contributed by atoms with Crippen LogP contribution in [0.3, 0.4) is 0 Å². The van der Waals surface area contributed by atoms with Gasteiger partial charge in [-0.1, -0.05) is 25.4 Å². The summed E-state index contributed by atoms with van der Waals surface area (Å²) >= 11 is 6.36. The van der Waals surface area contributed by atoms with Crippen molar-refractivity contribution in [2.45, 2.75) is 46.1 Å². The third-order valence-electron chi connectivity index (χ3n) is 5.94. The van der Waals surface area contributed by atoms with Crippen LogP contribution in [0.5, 0.6) is 0 Å². The zero-order valence-electron chi connectivity index (χ0n) is 18.6. The summed E-state index contributed by atoms with van der Waals surface area (Å²) in [7, 11) is 0. The minimum absolute atomic E-state index is 0. The lowest BCUT2D eigenvalue weighted by Crippen LogP contribution is -2.39. The molecule has 0 atom stereocenters. The summed E-state index contributed by atoms with van der Waals surface area (Å²) in [5.41, 5.74) is 2.61. The highest BCUT2D eigenvalue weighted by atomic mass is 35.5. The molecule has 4 rings (SSSR count). The Labute approximate surface area is 199 Å². The second-order valence-corrected chi connectivity index (χ2v) is 9.11. The minimum Gasteiger partial charge on any atom is -0.465 e. The molecular formula is C23H30Cl2N4O3. The number of fused-ring (bicyclic) bond motifs is 1. The molecular weight excluding hydrogens is 451 g/mol. The van der Waals surface area contributed by atoms with Crippen molar-refractivity contribution in [2.75, 3.05) is 24.5 Å². The highest BCUT2D eigenvalue weighted by molar-refractivity contribution is 6.31. The Bertz CT molecular complexity index is 1090. The zero-order chi connectivity index (χ0) is 22.1. The highest BCUT2D eigenvalue weighted by Crippen LogP contribution is 2.31. The Morgan fingerprint density at radius 2 is 2.03 bits per heavy atom. The van der Waals surface area contributed by atoms with Crippen molar-refractivity contribution < 1.29 is 14.3 Å². The van der Waals surface area contributed by atoms with Gasteiger partial charge >= 0.3 is 6.09 Å². The van der Waals surface area contributed by atoms with E-state index in [9.17, 15) is 9.90 Å². The number of piperidine rings is 1. The summed E-state index contributed by atoms with van der Waals surface area (Å²) in [6.45, 7) is 8.89. The number of carbonyl (C=O) groups is 1. The van der Waals surface area contributed by atoms with Gasteiger partial charge in [-0.2, -0.15) is 5.10 Å². The highest BCUT2D eigenvalue weighted by Gasteiger charge is 2.24. The molecule has 7 nitrogen and oxygen atoms in total. The summed E-state index contributed by atoms with van der Waals surface area (Å²) in [6, 6.07) is 7.66. The molecule has 32 heavy (non-hydrogen) atoms. The van der Waals surface area contributed by atoms with Crippen LogP contribution in [-0.4, -0.2) is 40.6 Å². The van der Waals surface area contributed by atoms with Gasteiger partial charge in [-0.3, -0.25) is 9.58 Å². The van der Waals surface area contributed by atoms with Crippen LogP contribution in [0.25, 0.3) is 11.0 Å². The molecule has 2 N–H and O–H groups in total. The van der Waals surface area contributed by atoms with E-state index >= 15 is 0 Å². The fourth-order valence-electron chi connectivity index (χ4n) is 4.15. The van der Waals surface area contributed by atoms with Gasteiger partial charge < -0.3 is 14.8 Å². The lowest BCUT2D eigenvalue weighted by molar-refractivity contribution is 0.199. The topological polar surface area (TPSA) is 83.5 Å². The van der Waals surface area contributed by atoms with Crippen LogP contribution in [0.4, 0.5) is 10.6 Å². The number of furan rings is 1. The molecule has 0 aliphatic carbocycles. The molecule has 1 aromatic carbocycles. The molecule has 3 aromatic rings. The summed E-state index contributed by atoms with van der Waals surface area (Å²) in [5, 5.41) is 19.4. The number of halogens is 2. The standard InChI is InChI=1S/C23H29ClN4O3.ClH/c1-14(2)20-11-17-9-19(24)10-18(22(17)31-20)13-28-15(3)8-21(26-28)27(23(29)30)12-16-4-6-25-7-5-16;/h8-11,14,16,25H,4-7,12-13H2,1-3H3,(H,29,30);1H. The number of carboxylic acid groups (broad SMARTS) is 1. The van der Waals surface area contributed by atoms with Crippen molar-refractivity contribution in [3.8, 4) is 0 Å². The van der Waals surface area contributed by atoms with Crippen molar-refractivity contribution in [1.82, 2.24) is 15.1 Å². The van der Waals surface area contributed by atoms with E-state index < -0.39 is 6.09 Å². The molecule has 1 fully saturated rings. The van der Waals surface area contributed by atoms with Gasteiger partial charge in [0.2, 0.25) is 0 Å². The van der Waals surface area contributed by atoms with E-state index in [-0.39, 0.29) is 18.3 Å². The second kappa shape index (κ2) is 10.1. The summed E-state index contributed by atoms with van der Waals surface area (Å²) in [5.74, 6) is 1.99. The van der Waals surface area contributed by atoms with Gasteiger partial charge in [0, 0.05) is 40.2 Å². The number of rotatable bonds is 6. The Morgan fingerprint density at radius 1 is 1.31 bits per heavy atom. The van der Waals surface area contributed by atoms with Gasteiger partial charge in [0.1, 0.15) is 11.3 Å². The van der Waals surface area contributed by atoms with E-state index in [1.165, 1.54) is 4.90 Å². The predicted molar refractivity (Wildman–Crippen MR) is 130 cm³/mol. The molecule has 0 unspecified atom stereocenters. The fourth-order valence-corrected chi connectivity index (χ4v) is 4.39. The maximum absolute atomic E-state index is 12.0. The molecule has 1 amide bonds. The van der Waals surface area contributed by atoms with Crippen molar-refractivity contribution in [3.63, 3.8) is 0 Å². The monoisotopic (exact) mass is 480 g/mol. The average Bonchev–Trinajstić information content (AvgIpc) is 3.30. The normalized spacial score (nSPS) is 14.7. The first-order valence-corrected chi connectivity index (χ1v) is 11.2. The van der Waals surface area contributed by atoms with Crippen molar-refractivity contribution in [2.24, 2.45) is 5.92 Å². The first-order chi connectivity index (χ1) is 14.8. The van der Waals surface area contributed by atoms with Crippen LogP contribution < -0.4 is 10.2 Å². The molecule has 0 spiro atoms. The van der Waals surface area contributed by atoms with Gasteiger partial charge in [0.15, 0.2) is 5.82 Å². The molecule has 1 aliphatic heterocycles. The predicted octanol–water partition coefficient (Wildman–Crippen LogP) is 5.67. The van der Waals surface area contributed by atoms with E-state index in [0.29, 0.717) is 29.8 Å². The summed E-state index contributed by atoms with van der Waals surface area (Å²) in [4.78, 5) is 13.3. The van der Waals surface area contributed by atoms with Crippen LogP contribution in [-0.2, 0) is 6.54 Å². The van der Waals surface area contributed by atoms with E-state index in [1.54, 1.807) is 0 Å². The molecule has 2 aromatic heterocycles. The molecule has 1 saturated heterocycles. The fraction of sp³-hybridized carbons (Fsp3) is 0.478. The maximum Gasteiger partial charge on any atom is 0.413 e. The number of aryl methyl sites for hydroxylation is 1. The number of hydrogen-bond donors (Lipinski definition) is 2. The van der Waals surface area contributed by atoms with Crippen molar-refractivity contribution >= 4 is 46.9 Å². The molecule has 0 bridgehead atoms. The number of amides is 1. The van der Waals surface area contributed by atoms with Gasteiger partial charge in [0.05, 0.1) is 6.54 Å². The minimum atomic E-state index is -0.971. The van der Waals surface area contributed by atoms with Crippen LogP contribution in [0.15, 0.2) is 28.7 Å².